The van der Waals surface area contributed by atoms with Crippen LogP contribution in [0.15, 0.2) is 0 Å². The van der Waals surface area contributed by atoms with E-state index in [4.69, 9.17) is 16.3 Å². The first-order valence-electron chi connectivity index (χ1n) is 4.73. The van der Waals surface area contributed by atoms with Crippen molar-refractivity contribution in [2.75, 3.05) is 37.1 Å². The molecule has 88 valence electrons. The number of halogens is 1. The lowest BCUT2D eigenvalue weighted by atomic mass is 10.5. The molecule has 0 radical (unpaired) electrons. The lowest BCUT2D eigenvalue weighted by molar-refractivity contribution is 0.106. The number of hydrogen-bond donors (Lipinski definition) is 0. The molecule has 1 amide bonds. The quantitative estimate of drug-likeness (QED) is 0.544. The van der Waals surface area contributed by atoms with Crippen molar-refractivity contribution >= 4 is 27.5 Å². The zero-order valence-electron chi connectivity index (χ0n) is 8.32. The maximum atomic E-state index is 11.3. The number of ether oxygens (including phenoxy) is 1. The monoisotopic (exact) mass is 255 g/mol. The predicted molar refractivity (Wildman–Crippen MR) is 56.9 cm³/mol. The summed E-state index contributed by atoms with van der Waals surface area (Å²) in [6.07, 6.45) is 0.161. The van der Waals surface area contributed by atoms with Gasteiger partial charge in [-0.25, -0.2) is 13.2 Å². The van der Waals surface area contributed by atoms with Gasteiger partial charge in [-0.3, -0.25) is 0 Å². The Morgan fingerprint density at radius 3 is 2.47 bits per heavy atom. The first-order chi connectivity index (χ1) is 7.05. The molecule has 0 bridgehead atoms. The van der Waals surface area contributed by atoms with E-state index >= 15 is 0 Å². The van der Waals surface area contributed by atoms with Crippen LogP contribution in [0.2, 0.25) is 0 Å². The number of alkyl halides is 1. The number of carbonyl (C=O) groups excluding carboxylic acids is 1. The van der Waals surface area contributed by atoms with E-state index in [2.05, 4.69) is 0 Å². The molecule has 1 saturated heterocycles. The van der Waals surface area contributed by atoms with Crippen LogP contribution in [-0.2, 0) is 14.6 Å². The van der Waals surface area contributed by atoms with Crippen molar-refractivity contribution in [2.45, 2.75) is 6.42 Å². The summed E-state index contributed by atoms with van der Waals surface area (Å²) < 4.78 is 27.1. The molecule has 0 atom stereocenters. The summed E-state index contributed by atoms with van der Waals surface area (Å²) in [5.41, 5.74) is 0. The van der Waals surface area contributed by atoms with Gasteiger partial charge >= 0.3 is 6.09 Å². The first kappa shape index (κ1) is 12.6. The molecule has 15 heavy (non-hydrogen) atoms. The van der Waals surface area contributed by atoms with Gasteiger partial charge in [-0.05, 0) is 6.42 Å². The molecule has 0 aromatic heterocycles. The summed E-state index contributed by atoms with van der Waals surface area (Å²) in [7, 11) is -2.94. The first-order valence-corrected chi connectivity index (χ1v) is 7.09. The van der Waals surface area contributed by atoms with Crippen LogP contribution < -0.4 is 0 Å². The van der Waals surface area contributed by atoms with Crippen molar-refractivity contribution in [3.8, 4) is 0 Å². The van der Waals surface area contributed by atoms with Crippen molar-refractivity contribution in [1.29, 1.82) is 0 Å². The minimum absolute atomic E-state index is 0.0254. The number of rotatable bonds is 3. The molecular formula is C8H14ClNO4S. The van der Waals surface area contributed by atoms with E-state index in [0.29, 0.717) is 12.3 Å². The van der Waals surface area contributed by atoms with Gasteiger partial charge in [-0.15, -0.1) is 11.6 Å². The Hall–Kier alpha value is -0.490. The van der Waals surface area contributed by atoms with Crippen molar-refractivity contribution in [1.82, 2.24) is 4.90 Å². The molecule has 0 N–H and O–H groups in total. The summed E-state index contributed by atoms with van der Waals surface area (Å²) >= 11 is 5.42. The van der Waals surface area contributed by atoms with Crippen LogP contribution in [0.5, 0.6) is 0 Å². The zero-order valence-corrected chi connectivity index (χ0v) is 9.89. The van der Waals surface area contributed by atoms with Crippen LogP contribution in [0.1, 0.15) is 6.42 Å². The highest BCUT2D eigenvalue weighted by molar-refractivity contribution is 7.91. The number of amides is 1. The number of hydrogen-bond acceptors (Lipinski definition) is 4. The minimum Gasteiger partial charge on any atom is -0.449 e. The largest absolute Gasteiger partial charge is 0.449 e. The van der Waals surface area contributed by atoms with E-state index in [0.717, 1.165) is 0 Å². The SMILES string of the molecule is O=C(OCCCCl)N1CCS(=O)(=O)CC1. The minimum atomic E-state index is -2.94. The van der Waals surface area contributed by atoms with Crippen LogP contribution in [0, 0.1) is 0 Å². The number of nitrogens with zero attached hydrogens (tertiary/aromatic N) is 1. The highest BCUT2D eigenvalue weighted by Gasteiger charge is 2.25. The smallest absolute Gasteiger partial charge is 0.409 e. The Labute approximate surface area is 94.3 Å². The molecule has 0 aromatic rings. The Morgan fingerprint density at radius 2 is 1.93 bits per heavy atom. The highest BCUT2D eigenvalue weighted by atomic mass is 35.5. The molecule has 0 saturated carbocycles. The average Bonchev–Trinajstić information content (AvgIpc) is 2.18. The molecule has 0 aliphatic carbocycles. The Balaban J connectivity index is 2.30. The van der Waals surface area contributed by atoms with E-state index in [1.54, 1.807) is 0 Å². The second-order valence-electron chi connectivity index (χ2n) is 3.30. The third kappa shape index (κ3) is 4.25. The predicted octanol–water partition coefficient (Wildman–Crippen LogP) is 0.482. The summed E-state index contributed by atoms with van der Waals surface area (Å²) in [5.74, 6) is 0.497. The zero-order chi connectivity index (χ0) is 11.3. The van der Waals surface area contributed by atoms with Crippen LogP contribution in [0.25, 0.3) is 0 Å². The molecule has 1 aliphatic rings. The molecule has 0 spiro atoms. The van der Waals surface area contributed by atoms with Crippen LogP contribution in [0.3, 0.4) is 0 Å². The molecule has 1 aliphatic heterocycles. The van der Waals surface area contributed by atoms with Crippen LogP contribution in [0.4, 0.5) is 4.79 Å². The van der Waals surface area contributed by atoms with Gasteiger partial charge in [0, 0.05) is 19.0 Å². The maximum Gasteiger partial charge on any atom is 0.409 e. The van der Waals surface area contributed by atoms with Gasteiger partial charge in [0.25, 0.3) is 0 Å². The Morgan fingerprint density at radius 1 is 1.33 bits per heavy atom. The molecule has 1 rings (SSSR count). The van der Waals surface area contributed by atoms with Gasteiger partial charge in [-0.2, -0.15) is 0 Å². The molecule has 0 aromatic carbocycles. The molecule has 5 nitrogen and oxygen atoms in total. The highest BCUT2D eigenvalue weighted by Crippen LogP contribution is 2.05. The molecule has 0 unspecified atom stereocenters. The fourth-order valence-corrected chi connectivity index (χ4v) is 2.51. The fraction of sp³-hybridized carbons (Fsp3) is 0.875. The lowest BCUT2D eigenvalue weighted by Crippen LogP contribution is -2.44. The van der Waals surface area contributed by atoms with E-state index in [1.165, 1.54) is 4.90 Å². The van der Waals surface area contributed by atoms with E-state index in [-0.39, 0.29) is 31.2 Å². The molecule has 1 heterocycles. The van der Waals surface area contributed by atoms with E-state index in [1.807, 2.05) is 0 Å². The van der Waals surface area contributed by atoms with Gasteiger partial charge in [-0.1, -0.05) is 0 Å². The van der Waals surface area contributed by atoms with Gasteiger partial charge in [0.05, 0.1) is 18.1 Å². The Bertz CT molecular complexity index is 303. The maximum absolute atomic E-state index is 11.3. The summed E-state index contributed by atoms with van der Waals surface area (Å²) in [6, 6.07) is 0. The molecular weight excluding hydrogens is 242 g/mol. The van der Waals surface area contributed by atoms with Gasteiger partial charge in [0.1, 0.15) is 0 Å². The van der Waals surface area contributed by atoms with E-state index in [9.17, 15) is 13.2 Å². The summed E-state index contributed by atoms with van der Waals surface area (Å²) in [6.45, 7) is 0.732. The third-order valence-corrected chi connectivity index (χ3v) is 3.98. The molecule has 7 heteroatoms. The Kier molecular flexibility index (Phi) is 4.66. The summed E-state index contributed by atoms with van der Waals surface area (Å²) in [5, 5.41) is 0. The van der Waals surface area contributed by atoms with Crippen molar-refractivity contribution in [3.05, 3.63) is 0 Å². The van der Waals surface area contributed by atoms with Crippen molar-refractivity contribution < 1.29 is 17.9 Å². The van der Waals surface area contributed by atoms with Gasteiger partial charge in [0.15, 0.2) is 9.84 Å². The topological polar surface area (TPSA) is 63.7 Å². The lowest BCUT2D eigenvalue weighted by Gasteiger charge is -2.25. The second-order valence-corrected chi connectivity index (χ2v) is 5.98. The van der Waals surface area contributed by atoms with Crippen LogP contribution in [-0.4, -0.2) is 56.5 Å². The number of sulfone groups is 1. The van der Waals surface area contributed by atoms with E-state index < -0.39 is 15.9 Å². The van der Waals surface area contributed by atoms with Crippen molar-refractivity contribution in [3.63, 3.8) is 0 Å². The van der Waals surface area contributed by atoms with Gasteiger partial charge < -0.3 is 9.64 Å². The van der Waals surface area contributed by atoms with Crippen LogP contribution >= 0.6 is 11.6 Å². The van der Waals surface area contributed by atoms with Crippen molar-refractivity contribution in [2.24, 2.45) is 0 Å². The summed E-state index contributed by atoms with van der Waals surface area (Å²) in [4.78, 5) is 12.8. The van der Waals surface area contributed by atoms with Gasteiger partial charge in [0.2, 0.25) is 0 Å². The average molecular weight is 256 g/mol. The standard InChI is InChI=1S/C8H14ClNO4S/c9-2-1-5-14-8(11)10-3-6-15(12,13)7-4-10/h1-7H2. The third-order valence-electron chi connectivity index (χ3n) is 2.11. The molecule has 1 fully saturated rings. The fourth-order valence-electron chi connectivity index (χ4n) is 1.20. The number of carbonyl (C=O) groups is 1. The normalized spacial score (nSPS) is 19.9. The second kappa shape index (κ2) is 5.55.